The number of rotatable bonds is 5. The molecule has 3 heteroatoms. The molecule has 1 saturated heterocycles. The van der Waals surface area contributed by atoms with E-state index in [1.54, 1.807) is 0 Å². The molecule has 2 rings (SSSR count). The molecular weight excluding hydrogens is 258 g/mol. The van der Waals surface area contributed by atoms with Crippen molar-refractivity contribution in [1.29, 1.82) is 0 Å². The van der Waals surface area contributed by atoms with E-state index in [0.29, 0.717) is 0 Å². The van der Waals surface area contributed by atoms with Gasteiger partial charge in [-0.25, -0.2) is 0 Å². The maximum Gasteiger partial charge on any atom is 0.0254 e. The number of likely N-dealkylation sites (N-methyl/N-ethyl adjacent to an activating group) is 1. The highest BCUT2D eigenvalue weighted by Crippen LogP contribution is 2.28. The summed E-state index contributed by atoms with van der Waals surface area (Å²) in [5.41, 5.74) is 0. The van der Waals surface area contributed by atoms with Gasteiger partial charge < -0.3 is 10.2 Å². The van der Waals surface area contributed by atoms with Gasteiger partial charge in [0, 0.05) is 31.2 Å². The topological polar surface area (TPSA) is 18.5 Å². The van der Waals surface area contributed by atoms with Crippen LogP contribution in [0, 0.1) is 5.92 Å². The summed E-state index contributed by atoms with van der Waals surface area (Å²) in [6, 6.07) is 2.23. The average molecular weight is 296 g/mol. The summed E-state index contributed by atoms with van der Waals surface area (Å²) >= 11 is 0. The Morgan fingerprint density at radius 2 is 1.76 bits per heavy atom. The Bertz CT molecular complexity index is 290. The molecular formula is C18H37N3. The van der Waals surface area contributed by atoms with E-state index >= 15 is 0 Å². The Balaban J connectivity index is 2.01. The van der Waals surface area contributed by atoms with Gasteiger partial charge in [0.05, 0.1) is 0 Å². The van der Waals surface area contributed by atoms with E-state index in [1.165, 1.54) is 64.6 Å². The minimum absolute atomic E-state index is 0.721. The van der Waals surface area contributed by atoms with E-state index < -0.39 is 0 Å². The Morgan fingerprint density at radius 3 is 2.38 bits per heavy atom. The SMILES string of the molecule is CCCNC1CCCCCCC1N1CC(C)C(N(C)C)C1. The molecule has 1 heterocycles. The van der Waals surface area contributed by atoms with Crippen LogP contribution < -0.4 is 5.32 Å². The first kappa shape index (κ1) is 17.2. The van der Waals surface area contributed by atoms with Crippen molar-refractivity contribution in [3.8, 4) is 0 Å². The van der Waals surface area contributed by atoms with Crippen LogP contribution in [0.3, 0.4) is 0 Å². The summed E-state index contributed by atoms with van der Waals surface area (Å²) in [5, 5.41) is 3.87. The summed E-state index contributed by atoms with van der Waals surface area (Å²) in [6.07, 6.45) is 9.74. The van der Waals surface area contributed by atoms with E-state index in [1.807, 2.05) is 0 Å². The fourth-order valence-electron chi connectivity index (χ4n) is 4.40. The van der Waals surface area contributed by atoms with Crippen molar-refractivity contribution < 1.29 is 0 Å². The Morgan fingerprint density at radius 1 is 1.05 bits per heavy atom. The zero-order valence-corrected chi connectivity index (χ0v) is 14.8. The summed E-state index contributed by atoms with van der Waals surface area (Å²) in [7, 11) is 4.49. The smallest absolute Gasteiger partial charge is 0.0254 e. The summed E-state index contributed by atoms with van der Waals surface area (Å²) in [6.45, 7) is 8.45. The lowest BCUT2D eigenvalue weighted by Gasteiger charge is -2.37. The minimum Gasteiger partial charge on any atom is -0.312 e. The van der Waals surface area contributed by atoms with Crippen molar-refractivity contribution in [3.63, 3.8) is 0 Å². The third-order valence-corrected chi connectivity index (χ3v) is 5.62. The number of likely N-dealkylation sites (tertiary alicyclic amines) is 1. The molecule has 124 valence electrons. The van der Waals surface area contributed by atoms with E-state index in [4.69, 9.17) is 0 Å². The van der Waals surface area contributed by atoms with Crippen LogP contribution in [0.4, 0.5) is 0 Å². The van der Waals surface area contributed by atoms with Crippen molar-refractivity contribution in [2.75, 3.05) is 33.7 Å². The van der Waals surface area contributed by atoms with Gasteiger partial charge in [-0.2, -0.15) is 0 Å². The maximum atomic E-state index is 3.87. The molecule has 0 aromatic heterocycles. The molecule has 1 aliphatic carbocycles. The van der Waals surface area contributed by atoms with Crippen LogP contribution in [-0.2, 0) is 0 Å². The third-order valence-electron chi connectivity index (χ3n) is 5.62. The molecule has 1 N–H and O–H groups in total. The van der Waals surface area contributed by atoms with Crippen LogP contribution in [-0.4, -0.2) is 61.7 Å². The van der Waals surface area contributed by atoms with Gasteiger partial charge in [0.2, 0.25) is 0 Å². The average Bonchev–Trinajstić information content (AvgIpc) is 2.80. The molecule has 2 aliphatic rings. The fraction of sp³-hybridized carbons (Fsp3) is 1.00. The molecule has 4 unspecified atom stereocenters. The van der Waals surface area contributed by atoms with Gasteiger partial charge in [0.15, 0.2) is 0 Å². The second-order valence-electron chi connectivity index (χ2n) is 7.58. The van der Waals surface area contributed by atoms with E-state index in [2.05, 4.69) is 43.1 Å². The van der Waals surface area contributed by atoms with Gasteiger partial charge >= 0.3 is 0 Å². The molecule has 0 radical (unpaired) electrons. The summed E-state index contributed by atoms with van der Waals surface area (Å²) in [5.74, 6) is 0.803. The van der Waals surface area contributed by atoms with Crippen LogP contribution in [0.15, 0.2) is 0 Å². The van der Waals surface area contributed by atoms with Crippen LogP contribution in [0.1, 0.15) is 58.8 Å². The highest BCUT2D eigenvalue weighted by molar-refractivity contribution is 4.94. The molecule has 2 fully saturated rings. The number of nitrogens with zero attached hydrogens (tertiary/aromatic N) is 2. The highest BCUT2D eigenvalue weighted by atomic mass is 15.3. The first-order chi connectivity index (χ1) is 10.1. The summed E-state index contributed by atoms with van der Waals surface area (Å²) < 4.78 is 0. The van der Waals surface area contributed by atoms with Crippen LogP contribution >= 0.6 is 0 Å². The monoisotopic (exact) mass is 295 g/mol. The lowest BCUT2D eigenvalue weighted by Crippen LogP contribution is -2.50. The fourth-order valence-corrected chi connectivity index (χ4v) is 4.40. The number of hydrogen-bond donors (Lipinski definition) is 1. The van der Waals surface area contributed by atoms with Gasteiger partial charge in [-0.05, 0) is 45.8 Å². The standard InChI is InChI=1S/C18H37N3/c1-5-12-19-16-10-8-6-7-9-11-17(16)21-13-15(2)18(14-21)20(3)4/h15-19H,5-14H2,1-4H3. The molecule has 0 aromatic carbocycles. The van der Waals surface area contributed by atoms with Crippen LogP contribution in [0.5, 0.6) is 0 Å². The molecule has 0 spiro atoms. The molecule has 0 bridgehead atoms. The van der Waals surface area contributed by atoms with Crippen LogP contribution in [0.25, 0.3) is 0 Å². The first-order valence-corrected chi connectivity index (χ1v) is 9.27. The normalized spacial score (nSPS) is 35.9. The lowest BCUT2D eigenvalue weighted by atomic mass is 9.91. The predicted octanol–water partition coefficient (Wildman–Crippen LogP) is 2.96. The Kier molecular flexibility index (Phi) is 6.97. The molecule has 4 atom stereocenters. The van der Waals surface area contributed by atoms with Gasteiger partial charge in [0.25, 0.3) is 0 Å². The Labute approximate surface area is 132 Å². The minimum atomic E-state index is 0.721. The van der Waals surface area contributed by atoms with Gasteiger partial charge in [-0.15, -0.1) is 0 Å². The van der Waals surface area contributed by atoms with Crippen molar-refractivity contribution in [2.45, 2.75) is 76.9 Å². The van der Waals surface area contributed by atoms with E-state index in [9.17, 15) is 0 Å². The lowest BCUT2D eigenvalue weighted by molar-refractivity contribution is 0.150. The number of nitrogens with one attached hydrogen (secondary N) is 1. The van der Waals surface area contributed by atoms with Crippen molar-refractivity contribution >= 4 is 0 Å². The molecule has 3 nitrogen and oxygen atoms in total. The summed E-state index contributed by atoms with van der Waals surface area (Å²) in [4.78, 5) is 5.25. The van der Waals surface area contributed by atoms with E-state index in [-0.39, 0.29) is 0 Å². The molecule has 1 aliphatic heterocycles. The molecule has 1 saturated carbocycles. The van der Waals surface area contributed by atoms with Crippen molar-refractivity contribution in [2.24, 2.45) is 5.92 Å². The quantitative estimate of drug-likeness (QED) is 0.841. The van der Waals surface area contributed by atoms with Gasteiger partial charge in [-0.3, -0.25) is 4.90 Å². The van der Waals surface area contributed by atoms with Gasteiger partial charge in [-0.1, -0.05) is 39.5 Å². The zero-order chi connectivity index (χ0) is 15.2. The predicted molar refractivity (Wildman–Crippen MR) is 91.8 cm³/mol. The maximum absolute atomic E-state index is 3.87. The van der Waals surface area contributed by atoms with Crippen molar-refractivity contribution in [1.82, 2.24) is 15.1 Å². The van der Waals surface area contributed by atoms with Gasteiger partial charge in [0.1, 0.15) is 0 Å². The van der Waals surface area contributed by atoms with Crippen molar-refractivity contribution in [3.05, 3.63) is 0 Å². The van der Waals surface area contributed by atoms with Crippen LogP contribution in [0.2, 0.25) is 0 Å². The zero-order valence-electron chi connectivity index (χ0n) is 14.8. The largest absolute Gasteiger partial charge is 0.312 e. The second kappa shape index (κ2) is 8.50. The molecule has 0 aromatic rings. The molecule has 0 amide bonds. The highest BCUT2D eigenvalue weighted by Gasteiger charge is 2.37. The molecule has 21 heavy (non-hydrogen) atoms. The number of hydrogen-bond acceptors (Lipinski definition) is 3. The second-order valence-corrected chi connectivity index (χ2v) is 7.58. The van der Waals surface area contributed by atoms with E-state index in [0.717, 1.165) is 24.0 Å². The Hall–Kier alpha value is -0.120. The third kappa shape index (κ3) is 4.67. The first-order valence-electron chi connectivity index (χ1n) is 9.27.